The molecule has 1 saturated heterocycles. The number of para-hydroxylation sites is 1. The van der Waals surface area contributed by atoms with Gasteiger partial charge in [-0.15, -0.1) is 0 Å². The lowest BCUT2D eigenvalue weighted by Crippen LogP contribution is -2.29. The van der Waals surface area contributed by atoms with Gasteiger partial charge in [0.1, 0.15) is 11.5 Å². The minimum Gasteiger partial charge on any atom is -0.507 e. The number of rotatable bonds is 6. The highest BCUT2D eigenvalue weighted by molar-refractivity contribution is 6.68. The Kier molecular flexibility index (Phi) is 6.84. The minimum atomic E-state index is -0.692. The molecule has 6 nitrogen and oxygen atoms in total. The van der Waals surface area contributed by atoms with Gasteiger partial charge in [0.2, 0.25) is 0 Å². The van der Waals surface area contributed by atoms with Crippen molar-refractivity contribution in [3.63, 3.8) is 0 Å². The van der Waals surface area contributed by atoms with Crippen LogP contribution in [-0.2, 0) is 0 Å². The monoisotopic (exact) mass is 464 g/mol. The van der Waals surface area contributed by atoms with Crippen LogP contribution in [0.3, 0.4) is 0 Å². The third-order valence-corrected chi connectivity index (χ3v) is 6.05. The number of amides is 1. The van der Waals surface area contributed by atoms with Gasteiger partial charge in [0, 0.05) is 24.3 Å². The first-order valence-corrected chi connectivity index (χ1v) is 11.2. The number of methoxy groups -OCH3 is 1. The molecule has 3 aromatic rings. The van der Waals surface area contributed by atoms with Crippen LogP contribution in [-0.4, -0.2) is 36.5 Å². The Hall–Kier alpha value is -3.51. The SMILES string of the molecule is COc1ccccc1-c1ccc(C(=O)Cl)c(NC(=O)c2cc(N3CCCCC3)ccc2O)c1. The summed E-state index contributed by atoms with van der Waals surface area (Å²) in [6.45, 7) is 1.83. The second-order valence-electron chi connectivity index (χ2n) is 7.94. The van der Waals surface area contributed by atoms with Gasteiger partial charge in [0.15, 0.2) is 0 Å². The van der Waals surface area contributed by atoms with Crippen molar-refractivity contribution in [2.75, 3.05) is 30.4 Å². The summed E-state index contributed by atoms with van der Waals surface area (Å²) in [5.74, 6) is 0.00204. The number of carbonyl (C=O) groups is 2. The average molecular weight is 465 g/mol. The molecule has 1 heterocycles. The zero-order valence-corrected chi connectivity index (χ0v) is 19.1. The summed E-state index contributed by atoms with van der Waals surface area (Å²) >= 11 is 5.78. The van der Waals surface area contributed by atoms with Gasteiger partial charge >= 0.3 is 0 Å². The number of halogens is 1. The first kappa shape index (κ1) is 22.7. The zero-order chi connectivity index (χ0) is 23.4. The fraction of sp³-hybridized carbons (Fsp3) is 0.231. The summed E-state index contributed by atoms with van der Waals surface area (Å²) in [6, 6.07) is 17.5. The fourth-order valence-electron chi connectivity index (χ4n) is 4.11. The fourth-order valence-corrected chi connectivity index (χ4v) is 4.28. The van der Waals surface area contributed by atoms with Crippen molar-refractivity contribution in [3.8, 4) is 22.6 Å². The van der Waals surface area contributed by atoms with Gasteiger partial charge in [0.05, 0.1) is 23.9 Å². The van der Waals surface area contributed by atoms with Crippen LogP contribution in [0, 0.1) is 0 Å². The lowest BCUT2D eigenvalue weighted by Gasteiger charge is -2.29. The van der Waals surface area contributed by atoms with Crippen LogP contribution >= 0.6 is 11.6 Å². The number of hydrogen-bond acceptors (Lipinski definition) is 5. The number of nitrogens with one attached hydrogen (secondary N) is 1. The predicted octanol–water partition coefficient (Wildman–Crippen LogP) is 5.69. The highest BCUT2D eigenvalue weighted by Crippen LogP contribution is 2.34. The highest BCUT2D eigenvalue weighted by atomic mass is 35.5. The van der Waals surface area contributed by atoms with Crippen LogP contribution in [0.1, 0.15) is 40.0 Å². The molecule has 170 valence electrons. The largest absolute Gasteiger partial charge is 0.507 e. The summed E-state index contributed by atoms with van der Waals surface area (Å²) in [4.78, 5) is 27.4. The number of benzene rings is 3. The molecule has 0 unspecified atom stereocenters. The van der Waals surface area contributed by atoms with Gasteiger partial charge in [-0.05, 0) is 72.8 Å². The van der Waals surface area contributed by atoms with Gasteiger partial charge in [-0.3, -0.25) is 9.59 Å². The van der Waals surface area contributed by atoms with Crippen LogP contribution in [0.2, 0.25) is 0 Å². The number of phenols is 1. The zero-order valence-electron chi connectivity index (χ0n) is 18.3. The van der Waals surface area contributed by atoms with E-state index in [1.807, 2.05) is 30.3 Å². The van der Waals surface area contributed by atoms with Gasteiger partial charge < -0.3 is 20.1 Å². The molecule has 0 saturated carbocycles. The van der Waals surface area contributed by atoms with Crippen LogP contribution in [0.4, 0.5) is 11.4 Å². The van der Waals surface area contributed by atoms with E-state index in [1.54, 1.807) is 31.4 Å². The number of nitrogens with zero attached hydrogens (tertiary/aromatic N) is 1. The third-order valence-electron chi connectivity index (χ3n) is 5.84. The molecule has 33 heavy (non-hydrogen) atoms. The number of aromatic hydroxyl groups is 1. The second kappa shape index (κ2) is 9.96. The van der Waals surface area contributed by atoms with Crippen molar-refractivity contribution >= 4 is 34.1 Å². The van der Waals surface area contributed by atoms with Crippen LogP contribution < -0.4 is 15.0 Å². The molecule has 1 amide bonds. The molecule has 0 bridgehead atoms. The Bertz CT molecular complexity index is 1190. The van der Waals surface area contributed by atoms with Crippen molar-refractivity contribution < 1.29 is 19.4 Å². The van der Waals surface area contributed by atoms with Crippen LogP contribution in [0.25, 0.3) is 11.1 Å². The molecule has 3 aromatic carbocycles. The Balaban J connectivity index is 1.68. The van der Waals surface area contributed by atoms with Crippen molar-refractivity contribution in [2.45, 2.75) is 19.3 Å². The number of anilines is 2. The molecule has 0 aromatic heterocycles. The van der Waals surface area contributed by atoms with E-state index < -0.39 is 11.1 Å². The molecule has 0 spiro atoms. The van der Waals surface area contributed by atoms with E-state index >= 15 is 0 Å². The van der Waals surface area contributed by atoms with E-state index in [1.165, 1.54) is 12.5 Å². The number of ether oxygens (including phenoxy) is 1. The molecule has 1 aliphatic heterocycles. The Morgan fingerprint density at radius 2 is 1.73 bits per heavy atom. The lowest BCUT2D eigenvalue weighted by molar-refractivity contribution is 0.102. The second-order valence-corrected chi connectivity index (χ2v) is 8.28. The van der Waals surface area contributed by atoms with Crippen molar-refractivity contribution in [2.24, 2.45) is 0 Å². The lowest BCUT2D eigenvalue weighted by atomic mass is 10.0. The normalized spacial score (nSPS) is 13.5. The molecule has 7 heteroatoms. The number of hydrogen-bond donors (Lipinski definition) is 2. The topological polar surface area (TPSA) is 78.9 Å². The molecular formula is C26H25ClN2O4. The van der Waals surface area contributed by atoms with Crippen molar-refractivity contribution in [1.29, 1.82) is 0 Å². The molecule has 2 N–H and O–H groups in total. The smallest absolute Gasteiger partial charge is 0.259 e. The number of carbonyl (C=O) groups excluding carboxylic acids is 2. The maximum absolute atomic E-state index is 13.1. The Morgan fingerprint density at radius 1 is 0.970 bits per heavy atom. The van der Waals surface area contributed by atoms with E-state index in [9.17, 15) is 14.7 Å². The first-order valence-electron chi connectivity index (χ1n) is 10.8. The summed E-state index contributed by atoms with van der Waals surface area (Å²) in [7, 11) is 1.58. The van der Waals surface area contributed by atoms with E-state index in [0.29, 0.717) is 5.75 Å². The number of piperidine rings is 1. The maximum Gasteiger partial charge on any atom is 0.259 e. The van der Waals surface area contributed by atoms with Crippen molar-refractivity contribution in [3.05, 3.63) is 71.8 Å². The summed E-state index contributed by atoms with van der Waals surface area (Å²) in [5.41, 5.74) is 2.99. The van der Waals surface area contributed by atoms with E-state index in [0.717, 1.165) is 42.7 Å². The first-order chi connectivity index (χ1) is 16.0. The standard InChI is InChI=1S/C26H25ClN2O4/c1-33-24-8-4-3-7-19(24)17-9-11-20(25(27)31)22(15-17)28-26(32)21-16-18(10-12-23(21)30)29-13-5-2-6-14-29/h3-4,7-12,15-16,30H,2,5-6,13-14H2,1H3,(H,28,32). The van der Waals surface area contributed by atoms with Crippen molar-refractivity contribution in [1.82, 2.24) is 0 Å². The van der Waals surface area contributed by atoms with Gasteiger partial charge in [-0.25, -0.2) is 0 Å². The van der Waals surface area contributed by atoms with Gasteiger partial charge in [-0.2, -0.15) is 0 Å². The van der Waals surface area contributed by atoms with Gasteiger partial charge in [-0.1, -0.05) is 24.3 Å². The highest BCUT2D eigenvalue weighted by Gasteiger charge is 2.19. The minimum absolute atomic E-state index is 0.132. The summed E-state index contributed by atoms with van der Waals surface area (Å²) < 4.78 is 5.44. The predicted molar refractivity (Wildman–Crippen MR) is 131 cm³/mol. The molecule has 1 aliphatic rings. The molecular weight excluding hydrogens is 440 g/mol. The molecule has 0 aliphatic carbocycles. The van der Waals surface area contributed by atoms with Gasteiger partial charge in [0.25, 0.3) is 11.1 Å². The van der Waals surface area contributed by atoms with Crippen LogP contribution in [0.15, 0.2) is 60.7 Å². The van der Waals surface area contributed by atoms with E-state index in [4.69, 9.17) is 16.3 Å². The molecule has 1 fully saturated rings. The maximum atomic E-state index is 13.1. The molecule has 0 radical (unpaired) electrons. The number of phenolic OH excluding ortho intramolecular Hbond substituents is 1. The average Bonchev–Trinajstić information content (AvgIpc) is 2.84. The summed E-state index contributed by atoms with van der Waals surface area (Å²) in [6.07, 6.45) is 3.39. The van der Waals surface area contributed by atoms with E-state index in [2.05, 4.69) is 10.2 Å². The Morgan fingerprint density at radius 3 is 2.45 bits per heavy atom. The molecule has 0 atom stereocenters. The molecule has 4 rings (SSSR count). The third kappa shape index (κ3) is 4.96. The van der Waals surface area contributed by atoms with E-state index in [-0.39, 0.29) is 22.6 Å². The Labute approximate surface area is 197 Å². The van der Waals surface area contributed by atoms with Crippen LogP contribution in [0.5, 0.6) is 11.5 Å². The quantitative estimate of drug-likeness (QED) is 0.458. The summed E-state index contributed by atoms with van der Waals surface area (Å²) in [5, 5.41) is 12.4.